The van der Waals surface area contributed by atoms with Crippen LogP contribution in [-0.2, 0) is 20.9 Å². The number of rotatable bonds is 5. The third-order valence-corrected chi connectivity index (χ3v) is 7.54. The van der Waals surface area contributed by atoms with Crippen LogP contribution in [0.1, 0.15) is 75.4 Å². The smallest absolute Gasteiger partial charge is 0.241 e. The largest absolute Gasteiger partial charge is 0.507 e. The minimum absolute atomic E-state index is 0.191. The standard InChI is InChI=1S/C28H34ClNO3S/c1-18-11-13-22(14-12-18)34(32,33)30-25(19-9-8-10-21(29)15-19)20-16-23(27(2,3)4)26(31)24(17-20)28(5,6)7/h8-17,25,30-31H,1-7H3. The summed E-state index contributed by atoms with van der Waals surface area (Å²) in [6, 6.07) is 17.0. The number of benzene rings is 3. The number of phenolic OH excluding ortho intramolecular Hbond substituents is 1. The Balaban J connectivity index is 2.26. The maximum atomic E-state index is 13.4. The van der Waals surface area contributed by atoms with Crippen molar-refractivity contribution in [3.63, 3.8) is 0 Å². The van der Waals surface area contributed by atoms with E-state index in [2.05, 4.69) is 4.72 Å². The van der Waals surface area contributed by atoms with Crippen molar-refractivity contribution in [3.8, 4) is 5.75 Å². The quantitative estimate of drug-likeness (QED) is 0.396. The van der Waals surface area contributed by atoms with Gasteiger partial charge in [0.15, 0.2) is 0 Å². The number of aryl methyl sites for hydroxylation is 1. The van der Waals surface area contributed by atoms with Crippen LogP contribution in [0.4, 0.5) is 0 Å². The summed E-state index contributed by atoms with van der Waals surface area (Å²) in [7, 11) is -3.85. The molecule has 0 aliphatic rings. The van der Waals surface area contributed by atoms with Gasteiger partial charge in [0, 0.05) is 5.02 Å². The van der Waals surface area contributed by atoms with Crippen LogP contribution in [0.3, 0.4) is 0 Å². The van der Waals surface area contributed by atoms with Crippen LogP contribution in [0.2, 0.25) is 5.02 Å². The first-order valence-electron chi connectivity index (χ1n) is 11.3. The van der Waals surface area contributed by atoms with E-state index >= 15 is 0 Å². The molecular formula is C28H34ClNO3S. The molecule has 0 spiro atoms. The Morgan fingerprint density at radius 3 is 1.82 bits per heavy atom. The van der Waals surface area contributed by atoms with Gasteiger partial charge < -0.3 is 5.11 Å². The van der Waals surface area contributed by atoms with Crippen molar-refractivity contribution in [2.75, 3.05) is 0 Å². The molecule has 6 heteroatoms. The van der Waals surface area contributed by atoms with E-state index in [1.807, 2.05) is 66.7 Å². The lowest BCUT2D eigenvalue weighted by atomic mass is 9.77. The molecule has 0 aromatic heterocycles. The molecule has 1 unspecified atom stereocenters. The van der Waals surface area contributed by atoms with Gasteiger partial charge in [0.1, 0.15) is 5.75 Å². The second kappa shape index (κ2) is 9.37. The number of phenols is 1. The van der Waals surface area contributed by atoms with E-state index in [0.29, 0.717) is 10.6 Å². The van der Waals surface area contributed by atoms with Crippen LogP contribution in [0.25, 0.3) is 0 Å². The molecule has 0 aliphatic carbocycles. The third kappa shape index (κ3) is 5.83. The highest BCUT2D eigenvalue weighted by molar-refractivity contribution is 7.89. The molecule has 1 atom stereocenters. The van der Waals surface area contributed by atoms with Crippen molar-refractivity contribution in [2.24, 2.45) is 0 Å². The van der Waals surface area contributed by atoms with Gasteiger partial charge >= 0.3 is 0 Å². The van der Waals surface area contributed by atoms with Gasteiger partial charge in [-0.3, -0.25) is 0 Å². The number of halogens is 1. The van der Waals surface area contributed by atoms with Gasteiger partial charge in [0.05, 0.1) is 10.9 Å². The fourth-order valence-corrected chi connectivity index (χ4v) is 5.33. The molecule has 3 aromatic carbocycles. The average molecular weight is 500 g/mol. The molecule has 0 heterocycles. The maximum absolute atomic E-state index is 13.4. The van der Waals surface area contributed by atoms with Crippen LogP contribution in [0.5, 0.6) is 5.75 Å². The minimum atomic E-state index is -3.85. The fraction of sp³-hybridized carbons (Fsp3) is 0.357. The fourth-order valence-electron chi connectivity index (χ4n) is 3.92. The normalized spacial score (nSPS) is 13.6. The number of sulfonamides is 1. The molecule has 3 aromatic rings. The predicted molar refractivity (Wildman–Crippen MR) is 140 cm³/mol. The highest BCUT2D eigenvalue weighted by Crippen LogP contribution is 2.42. The molecule has 0 saturated carbocycles. The highest BCUT2D eigenvalue weighted by Gasteiger charge is 2.30. The van der Waals surface area contributed by atoms with Gasteiger partial charge in [-0.05, 0) is 76.4 Å². The Hall–Kier alpha value is -2.34. The summed E-state index contributed by atoms with van der Waals surface area (Å²) < 4.78 is 29.7. The van der Waals surface area contributed by atoms with Gasteiger partial charge in [-0.25, -0.2) is 8.42 Å². The van der Waals surface area contributed by atoms with E-state index in [0.717, 1.165) is 22.3 Å². The zero-order valence-electron chi connectivity index (χ0n) is 20.9. The minimum Gasteiger partial charge on any atom is -0.507 e. The Morgan fingerprint density at radius 1 is 0.824 bits per heavy atom. The van der Waals surface area contributed by atoms with Crippen molar-refractivity contribution in [1.29, 1.82) is 0 Å². The topological polar surface area (TPSA) is 66.4 Å². The van der Waals surface area contributed by atoms with Gasteiger partial charge in [-0.1, -0.05) is 83.0 Å². The Bertz CT molecular complexity index is 1250. The van der Waals surface area contributed by atoms with Crippen molar-refractivity contribution >= 4 is 21.6 Å². The molecule has 0 amide bonds. The first kappa shape index (κ1) is 26.3. The average Bonchev–Trinajstić information content (AvgIpc) is 2.71. The van der Waals surface area contributed by atoms with Gasteiger partial charge in [-0.15, -0.1) is 0 Å². The molecule has 3 rings (SSSR count). The van der Waals surface area contributed by atoms with Gasteiger partial charge in [-0.2, -0.15) is 4.72 Å². The SMILES string of the molecule is Cc1ccc(S(=O)(=O)NC(c2cccc(Cl)c2)c2cc(C(C)(C)C)c(O)c(C(C)(C)C)c2)cc1. The zero-order valence-corrected chi connectivity index (χ0v) is 22.5. The summed E-state index contributed by atoms with van der Waals surface area (Å²) in [5.41, 5.74) is 3.25. The Kier molecular flexibility index (Phi) is 7.24. The molecule has 4 nitrogen and oxygen atoms in total. The third-order valence-electron chi connectivity index (χ3n) is 5.87. The summed E-state index contributed by atoms with van der Waals surface area (Å²) in [5, 5.41) is 11.7. The van der Waals surface area contributed by atoms with E-state index in [4.69, 9.17) is 11.6 Å². The van der Waals surface area contributed by atoms with Crippen molar-refractivity contribution < 1.29 is 13.5 Å². The predicted octanol–water partition coefficient (Wildman–Crippen LogP) is 7.02. The lowest BCUT2D eigenvalue weighted by Gasteiger charge is -2.30. The van der Waals surface area contributed by atoms with Crippen LogP contribution < -0.4 is 4.72 Å². The molecule has 182 valence electrons. The van der Waals surface area contributed by atoms with Gasteiger partial charge in [0.25, 0.3) is 0 Å². The van der Waals surface area contributed by atoms with Crippen molar-refractivity contribution in [3.05, 3.63) is 93.5 Å². The summed E-state index contributed by atoms with van der Waals surface area (Å²) in [5.74, 6) is 0.245. The Morgan fingerprint density at radius 2 is 1.35 bits per heavy atom. The Labute approximate surface area is 209 Å². The maximum Gasteiger partial charge on any atom is 0.241 e. The van der Waals surface area contributed by atoms with Crippen molar-refractivity contribution in [1.82, 2.24) is 4.72 Å². The summed E-state index contributed by atoms with van der Waals surface area (Å²) in [6.45, 7) is 14.1. The van der Waals surface area contributed by atoms with Crippen LogP contribution in [0, 0.1) is 6.92 Å². The molecule has 2 N–H and O–H groups in total. The van der Waals surface area contributed by atoms with Crippen molar-refractivity contribution in [2.45, 2.75) is 70.2 Å². The first-order chi connectivity index (χ1) is 15.6. The van der Waals surface area contributed by atoms with Gasteiger partial charge in [0.2, 0.25) is 10.0 Å². The molecule has 0 aliphatic heterocycles. The molecular weight excluding hydrogens is 466 g/mol. The van der Waals surface area contributed by atoms with E-state index in [9.17, 15) is 13.5 Å². The summed E-state index contributed by atoms with van der Waals surface area (Å²) >= 11 is 6.30. The second-order valence-corrected chi connectivity index (χ2v) is 13.0. The van der Waals surface area contributed by atoms with E-state index in [1.54, 1.807) is 42.5 Å². The van der Waals surface area contributed by atoms with E-state index < -0.39 is 16.1 Å². The summed E-state index contributed by atoms with van der Waals surface area (Å²) in [4.78, 5) is 0.191. The van der Waals surface area contributed by atoms with E-state index in [-0.39, 0.29) is 21.5 Å². The number of hydrogen-bond acceptors (Lipinski definition) is 3. The molecule has 0 fully saturated rings. The number of hydrogen-bond donors (Lipinski definition) is 2. The summed E-state index contributed by atoms with van der Waals surface area (Å²) in [6.07, 6.45) is 0. The highest BCUT2D eigenvalue weighted by atomic mass is 35.5. The van der Waals surface area contributed by atoms with E-state index in [1.165, 1.54) is 0 Å². The monoisotopic (exact) mass is 499 g/mol. The van der Waals surface area contributed by atoms with Crippen LogP contribution in [-0.4, -0.2) is 13.5 Å². The lowest BCUT2D eigenvalue weighted by molar-refractivity contribution is 0.422. The molecule has 0 radical (unpaired) electrons. The zero-order chi connectivity index (χ0) is 25.5. The van der Waals surface area contributed by atoms with Crippen LogP contribution in [0.15, 0.2) is 65.6 Å². The number of nitrogens with one attached hydrogen (secondary N) is 1. The molecule has 0 saturated heterocycles. The second-order valence-electron chi connectivity index (χ2n) is 10.9. The lowest BCUT2D eigenvalue weighted by Crippen LogP contribution is -2.30. The molecule has 0 bridgehead atoms. The van der Waals surface area contributed by atoms with Crippen LogP contribution >= 0.6 is 11.6 Å². The first-order valence-corrected chi connectivity index (χ1v) is 13.2. The molecule has 34 heavy (non-hydrogen) atoms. The number of aromatic hydroxyl groups is 1.